The molecule has 4 nitrogen and oxygen atoms in total. The van der Waals surface area contributed by atoms with E-state index in [-0.39, 0.29) is 12.6 Å². The molecule has 0 aliphatic heterocycles. The minimum atomic E-state index is -0.487. The first kappa shape index (κ1) is 13.2. The number of aliphatic hydroxyl groups is 1. The minimum absolute atomic E-state index is 0.0355. The van der Waals surface area contributed by atoms with Crippen LogP contribution in [0.1, 0.15) is 34.1 Å². The topological polar surface area (TPSA) is 49.8 Å². The van der Waals surface area contributed by atoms with Crippen LogP contribution in [0.25, 0.3) is 0 Å². The Morgan fingerprint density at radius 3 is 2.29 bits per heavy atom. The molecule has 4 heteroatoms. The zero-order chi connectivity index (χ0) is 11.4. The maximum Gasteiger partial charge on any atom is 0.410 e. The van der Waals surface area contributed by atoms with Crippen LogP contribution in [0.4, 0.5) is 4.79 Å². The van der Waals surface area contributed by atoms with Crippen molar-refractivity contribution in [3.63, 3.8) is 0 Å². The number of hydrogen-bond donors (Lipinski definition) is 1. The van der Waals surface area contributed by atoms with Gasteiger partial charge in [-0.05, 0) is 27.2 Å². The minimum Gasteiger partial charge on any atom is -0.444 e. The highest BCUT2D eigenvalue weighted by Crippen LogP contribution is 2.11. The summed E-state index contributed by atoms with van der Waals surface area (Å²) in [6, 6.07) is -0.162. The Bertz CT molecular complexity index is 182. The molecule has 0 radical (unpaired) electrons. The van der Waals surface area contributed by atoms with Crippen molar-refractivity contribution in [1.29, 1.82) is 0 Å². The molecule has 0 aromatic carbocycles. The standard InChI is InChI=1S/C10H21NO3/c1-6-8(7-12)11(5)9(13)14-10(2,3)4/h8,12H,6-7H2,1-5H3. The monoisotopic (exact) mass is 203 g/mol. The normalized spacial score (nSPS) is 13.6. The quantitative estimate of drug-likeness (QED) is 0.758. The summed E-state index contributed by atoms with van der Waals surface area (Å²) in [5.74, 6) is 0. The summed E-state index contributed by atoms with van der Waals surface area (Å²) in [4.78, 5) is 12.9. The molecule has 0 bridgehead atoms. The number of carbonyl (C=O) groups is 1. The van der Waals surface area contributed by atoms with E-state index in [2.05, 4.69) is 0 Å². The van der Waals surface area contributed by atoms with Gasteiger partial charge in [0.25, 0.3) is 0 Å². The number of nitrogens with zero attached hydrogens (tertiary/aromatic N) is 1. The van der Waals surface area contributed by atoms with Crippen molar-refractivity contribution in [2.24, 2.45) is 0 Å². The van der Waals surface area contributed by atoms with E-state index in [9.17, 15) is 4.79 Å². The number of ether oxygens (including phenoxy) is 1. The van der Waals surface area contributed by atoms with Crippen molar-refractivity contribution in [2.75, 3.05) is 13.7 Å². The van der Waals surface area contributed by atoms with Crippen LogP contribution in [0.3, 0.4) is 0 Å². The molecule has 1 unspecified atom stereocenters. The largest absolute Gasteiger partial charge is 0.444 e. The van der Waals surface area contributed by atoms with Gasteiger partial charge in [-0.3, -0.25) is 0 Å². The molecule has 0 saturated carbocycles. The Morgan fingerprint density at radius 1 is 1.50 bits per heavy atom. The molecule has 0 rings (SSSR count). The number of carbonyl (C=O) groups excluding carboxylic acids is 1. The molecular weight excluding hydrogens is 182 g/mol. The Morgan fingerprint density at radius 2 is 2.00 bits per heavy atom. The number of amides is 1. The molecule has 0 aliphatic carbocycles. The van der Waals surface area contributed by atoms with E-state index in [4.69, 9.17) is 9.84 Å². The van der Waals surface area contributed by atoms with Gasteiger partial charge in [0, 0.05) is 7.05 Å². The molecule has 0 fully saturated rings. The molecule has 0 aromatic rings. The van der Waals surface area contributed by atoms with Gasteiger partial charge in [0.15, 0.2) is 0 Å². The van der Waals surface area contributed by atoms with Crippen LogP contribution >= 0.6 is 0 Å². The summed E-state index contributed by atoms with van der Waals surface area (Å²) in [5, 5.41) is 8.99. The fourth-order valence-electron chi connectivity index (χ4n) is 1.01. The zero-order valence-corrected chi connectivity index (χ0v) is 9.70. The predicted octanol–water partition coefficient (Wildman–Crippen LogP) is 1.62. The number of likely N-dealkylation sites (N-methyl/N-ethyl adjacent to an activating group) is 1. The Labute approximate surface area is 85.9 Å². The molecule has 0 aromatic heterocycles. The predicted molar refractivity (Wildman–Crippen MR) is 55.2 cm³/mol. The molecule has 0 spiro atoms. The van der Waals surface area contributed by atoms with Gasteiger partial charge >= 0.3 is 6.09 Å². The van der Waals surface area contributed by atoms with Crippen LogP contribution < -0.4 is 0 Å². The van der Waals surface area contributed by atoms with E-state index >= 15 is 0 Å². The molecule has 1 N–H and O–H groups in total. The highest BCUT2D eigenvalue weighted by atomic mass is 16.6. The second-order valence-corrected chi connectivity index (χ2v) is 4.34. The highest BCUT2D eigenvalue weighted by Gasteiger charge is 2.23. The van der Waals surface area contributed by atoms with E-state index in [0.717, 1.165) is 0 Å². The second-order valence-electron chi connectivity index (χ2n) is 4.34. The summed E-state index contributed by atoms with van der Waals surface area (Å²) in [6.07, 6.45) is 0.324. The van der Waals surface area contributed by atoms with Gasteiger partial charge in [0.1, 0.15) is 5.60 Å². The van der Waals surface area contributed by atoms with Crippen LogP contribution in [0.15, 0.2) is 0 Å². The summed E-state index contributed by atoms with van der Waals surface area (Å²) >= 11 is 0. The third-order valence-corrected chi connectivity index (χ3v) is 1.91. The summed E-state index contributed by atoms with van der Waals surface area (Å²) in [5.41, 5.74) is -0.487. The third-order valence-electron chi connectivity index (χ3n) is 1.91. The average molecular weight is 203 g/mol. The van der Waals surface area contributed by atoms with Gasteiger partial charge in [0.05, 0.1) is 12.6 Å². The van der Waals surface area contributed by atoms with Crippen molar-refractivity contribution in [2.45, 2.75) is 45.8 Å². The van der Waals surface area contributed by atoms with Crippen molar-refractivity contribution >= 4 is 6.09 Å². The van der Waals surface area contributed by atoms with Crippen molar-refractivity contribution in [3.8, 4) is 0 Å². The highest BCUT2D eigenvalue weighted by molar-refractivity contribution is 5.68. The molecular formula is C10H21NO3. The van der Waals surface area contributed by atoms with E-state index < -0.39 is 11.7 Å². The van der Waals surface area contributed by atoms with Crippen molar-refractivity contribution in [1.82, 2.24) is 4.90 Å². The fourth-order valence-corrected chi connectivity index (χ4v) is 1.01. The molecule has 84 valence electrons. The molecule has 0 saturated heterocycles. The Kier molecular flexibility index (Phi) is 4.91. The first-order chi connectivity index (χ1) is 6.31. The summed E-state index contributed by atoms with van der Waals surface area (Å²) in [7, 11) is 1.64. The second kappa shape index (κ2) is 5.20. The van der Waals surface area contributed by atoms with Gasteiger partial charge < -0.3 is 14.7 Å². The van der Waals surface area contributed by atoms with Gasteiger partial charge in [0.2, 0.25) is 0 Å². The van der Waals surface area contributed by atoms with Crippen LogP contribution in [-0.2, 0) is 4.74 Å². The van der Waals surface area contributed by atoms with E-state index in [0.29, 0.717) is 6.42 Å². The molecule has 0 heterocycles. The number of hydrogen-bond acceptors (Lipinski definition) is 3. The van der Waals surface area contributed by atoms with Crippen molar-refractivity contribution < 1.29 is 14.6 Å². The Balaban J connectivity index is 4.24. The van der Waals surface area contributed by atoms with Crippen molar-refractivity contribution in [3.05, 3.63) is 0 Å². The van der Waals surface area contributed by atoms with Crippen LogP contribution in [0, 0.1) is 0 Å². The number of aliphatic hydroxyl groups excluding tert-OH is 1. The van der Waals surface area contributed by atoms with Gasteiger partial charge in [-0.2, -0.15) is 0 Å². The van der Waals surface area contributed by atoms with E-state index in [1.807, 2.05) is 27.7 Å². The average Bonchev–Trinajstić information content (AvgIpc) is 2.03. The van der Waals surface area contributed by atoms with Crippen LogP contribution in [0.2, 0.25) is 0 Å². The molecule has 0 aliphatic rings. The zero-order valence-electron chi connectivity index (χ0n) is 9.70. The summed E-state index contributed by atoms with van der Waals surface area (Å²) < 4.78 is 5.16. The smallest absolute Gasteiger partial charge is 0.410 e. The first-order valence-corrected chi connectivity index (χ1v) is 4.88. The Hall–Kier alpha value is -0.770. The SMILES string of the molecule is CCC(CO)N(C)C(=O)OC(C)(C)C. The first-order valence-electron chi connectivity index (χ1n) is 4.88. The number of rotatable bonds is 3. The molecule has 1 atom stereocenters. The van der Waals surface area contributed by atoms with Crippen LogP contribution in [-0.4, -0.2) is 41.4 Å². The molecule has 14 heavy (non-hydrogen) atoms. The van der Waals surface area contributed by atoms with Crippen LogP contribution in [0.5, 0.6) is 0 Å². The lowest BCUT2D eigenvalue weighted by atomic mass is 10.2. The molecule has 1 amide bonds. The lowest BCUT2D eigenvalue weighted by Gasteiger charge is -2.29. The van der Waals surface area contributed by atoms with E-state index in [1.54, 1.807) is 7.05 Å². The van der Waals surface area contributed by atoms with E-state index in [1.165, 1.54) is 4.90 Å². The van der Waals surface area contributed by atoms with Gasteiger partial charge in [-0.25, -0.2) is 4.79 Å². The maximum atomic E-state index is 11.5. The third kappa shape index (κ3) is 4.46. The lowest BCUT2D eigenvalue weighted by molar-refractivity contribution is 0.0158. The lowest BCUT2D eigenvalue weighted by Crippen LogP contribution is -2.42. The summed E-state index contributed by atoms with van der Waals surface area (Å²) in [6.45, 7) is 7.34. The van der Waals surface area contributed by atoms with Gasteiger partial charge in [-0.1, -0.05) is 6.92 Å². The van der Waals surface area contributed by atoms with Gasteiger partial charge in [-0.15, -0.1) is 0 Å². The fraction of sp³-hybridized carbons (Fsp3) is 0.900. The maximum absolute atomic E-state index is 11.5.